The van der Waals surface area contributed by atoms with Crippen LogP contribution in [0, 0.1) is 11.8 Å². The first-order chi connectivity index (χ1) is 12.4. The summed E-state index contributed by atoms with van der Waals surface area (Å²) in [6, 6.07) is 3.61. The molecule has 8 heteroatoms. The predicted octanol–water partition coefficient (Wildman–Crippen LogP) is 2.97. The highest BCUT2D eigenvalue weighted by molar-refractivity contribution is 5.90. The molecule has 3 atom stereocenters. The molecule has 4 rings (SSSR count). The minimum atomic E-state index is -2.50. The van der Waals surface area contributed by atoms with E-state index in [-0.39, 0.29) is 48.8 Å². The number of amides is 1. The summed E-state index contributed by atoms with van der Waals surface area (Å²) in [7, 11) is 1.71. The Balaban J connectivity index is 0.00000210. The molecule has 1 aromatic rings. The summed E-state index contributed by atoms with van der Waals surface area (Å²) in [6.07, 6.45) is 4.62. The van der Waals surface area contributed by atoms with E-state index in [9.17, 15) is 13.6 Å². The van der Waals surface area contributed by atoms with Crippen LogP contribution < -0.4 is 5.73 Å². The maximum absolute atomic E-state index is 13.3. The number of methoxy groups -OCH3 is 1. The van der Waals surface area contributed by atoms with Crippen molar-refractivity contribution in [1.82, 2.24) is 9.88 Å². The number of aromatic nitrogens is 1. The van der Waals surface area contributed by atoms with Crippen LogP contribution in [0.25, 0.3) is 0 Å². The minimum absolute atomic E-state index is 0. The van der Waals surface area contributed by atoms with Crippen molar-refractivity contribution in [2.45, 2.75) is 49.7 Å². The third-order valence-corrected chi connectivity index (χ3v) is 6.61. The molecule has 150 valence electrons. The fourth-order valence-electron chi connectivity index (χ4n) is 5.38. The molecule has 0 aromatic carbocycles. The Morgan fingerprint density at radius 3 is 2.44 bits per heavy atom. The van der Waals surface area contributed by atoms with E-state index in [0.29, 0.717) is 0 Å². The average Bonchev–Trinajstić information content (AvgIpc) is 2.58. The summed E-state index contributed by atoms with van der Waals surface area (Å²) in [6.45, 7) is 1.50. The molecule has 5 nitrogen and oxygen atoms in total. The molecule has 1 aromatic heterocycles. The first kappa shape index (κ1) is 20.4. The van der Waals surface area contributed by atoms with E-state index in [4.69, 9.17) is 10.5 Å². The molecule has 2 aliphatic carbocycles. The van der Waals surface area contributed by atoms with Gasteiger partial charge in [0.1, 0.15) is 11.3 Å². The first-order valence-electron chi connectivity index (χ1n) is 9.29. The molecule has 0 radical (unpaired) electrons. The molecule has 3 fully saturated rings. The van der Waals surface area contributed by atoms with E-state index in [1.54, 1.807) is 19.4 Å². The van der Waals surface area contributed by atoms with Crippen molar-refractivity contribution in [3.05, 3.63) is 29.6 Å². The van der Waals surface area contributed by atoms with Gasteiger partial charge in [0.25, 0.3) is 11.8 Å². The van der Waals surface area contributed by atoms with Crippen molar-refractivity contribution in [1.29, 1.82) is 0 Å². The lowest BCUT2D eigenvalue weighted by atomic mass is 9.61. The molecule has 2 saturated carbocycles. The zero-order valence-electron chi connectivity index (χ0n) is 15.4. The Labute approximate surface area is 164 Å². The maximum Gasteiger partial charge on any atom is 0.267 e. The first-order valence-corrected chi connectivity index (χ1v) is 9.29. The number of nitrogens with zero attached hydrogens (tertiary/aromatic N) is 2. The van der Waals surface area contributed by atoms with Gasteiger partial charge in [0.05, 0.1) is 0 Å². The van der Waals surface area contributed by atoms with Crippen LogP contribution >= 0.6 is 12.4 Å². The van der Waals surface area contributed by atoms with Gasteiger partial charge in [0.15, 0.2) is 0 Å². The summed E-state index contributed by atoms with van der Waals surface area (Å²) in [5.74, 6) is -2.65. The highest BCUT2D eigenvalue weighted by Crippen LogP contribution is 2.53. The van der Waals surface area contributed by atoms with Gasteiger partial charge in [-0.05, 0) is 30.5 Å². The summed E-state index contributed by atoms with van der Waals surface area (Å²) in [5.41, 5.74) is 6.06. The number of alkyl halides is 2. The molecule has 2 N–H and O–H groups in total. The molecule has 1 aliphatic heterocycles. The molecule has 0 spiro atoms. The number of nitrogens with two attached hydrogens (primary N) is 1. The summed E-state index contributed by atoms with van der Waals surface area (Å²) < 4.78 is 32.8. The van der Waals surface area contributed by atoms with Crippen LogP contribution in [0.1, 0.15) is 48.2 Å². The number of ether oxygens (including phenoxy) is 1. The topological polar surface area (TPSA) is 68.5 Å². The van der Waals surface area contributed by atoms with Gasteiger partial charge in [0, 0.05) is 57.1 Å². The normalized spacial score (nSPS) is 33.0. The third-order valence-electron chi connectivity index (χ3n) is 6.61. The van der Waals surface area contributed by atoms with Gasteiger partial charge >= 0.3 is 0 Å². The van der Waals surface area contributed by atoms with Gasteiger partial charge < -0.3 is 10.5 Å². The van der Waals surface area contributed by atoms with Crippen LogP contribution in [0.5, 0.6) is 0 Å². The third kappa shape index (κ3) is 3.34. The summed E-state index contributed by atoms with van der Waals surface area (Å²) >= 11 is 0. The second-order valence-electron chi connectivity index (χ2n) is 7.99. The Hall–Kier alpha value is -1.31. The Morgan fingerprint density at radius 2 is 1.93 bits per heavy atom. The standard InChI is InChI=1S/C19H25F2N3O2.ClH/c1-26-19(12-5-6-23-16(7-12)17(22)25)13-3-2-4-14(19)11-24(10-13)15-8-18(20,21)9-15;/h5-7,13-15H,2-4,8-11H2,1H3,(H2,22,25);1H/t13-,14+,19+;. The molecule has 3 aliphatic rings. The van der Waals surface area contributed by atoms with Crippen LogP contribution in [0.3, 0.4) is 0 Å². The predicted molar refractivity (Wildman–Crippen MR) is 99.1 cm³/mol. The lowest BCUT2D eigenvalue weighted by molar-refractivity contribution is -0.197. The van der Waals surface area contributed by atoms with Gasteiger partial charge in [-0.3, -0.25) is 14.7 Å². The number of hydrogen-bond donors (Lipinski definition) is 1. The highest BCUT2D eigenvalue weighted by Gasteiger charge is 2.57. The van der Waals surface area contributed by atoms with Crippen LogP contribution in [-0.4, -0.2) is 48.0 Å². The fourth-order valence-corrected chi connectivity index (χ4v) is 5.38. The Morgan fingerprint density at radius 1 is 1.30 bits per heavy atom. The monoisotopic (exact) mass is 401 g/mol. The van der Waals surface area contributed by atoms with Gasteiger partial charge in [-0.1, -0.05) is 6.42 Å². The number of carbonyl (C=O) groups excluding carboxylic acids is 1. The van der Waals surface area contributed by atoms with Crippen molar-refractivity contribution in [3.8, 4) is 0 Å². The maximum atomic E-state index is 13.3. The van der Waals surface area contributed by atoms with Gasteiger partial charge in [0.2, 0.25) is 0 Å². The van der Waals surface area contributed by atoms with Crippen LogP contribution in [-0.2, 0) is 10.3 Å². The number of piperidine rings is 1. The lowest BCUT2D eigenvalue weighted by Crippen LogP contribution is -2.63. The van der Waals surface area contributed by atoms with Crippen molar-refractivity contribution in [3.63, 3.8) is 0 Å². The molecule has 0 unspecified atom stereocenters. The number of halogens is 3. The van der Waals surface area contributed by atoms with E-state index in [1.807, 2.05) is 6.07 Å². The molecule has 1 saturated heterocycles. The molecular formula is C19H26ClF2N3O2. The summed E-state index contributed by atoms with van der Waals surface area (Å²) in [4.78, 5) is 17.8. The number of hydrogen-bond acceptors (Lipinski definition) is 4. The van der Waals surface area contributed by atoms with E-state index in [2.05, 4.69) is 9.88 Å². The zero-order valence-corrected chi connectivity index (χ0v) is 16.2. The minimum Gasteiger partial charge on any atom is -0.373 e. The van der Waals surface area contributed by atoms with Crippen molar-refractivity contribution in [2.24, 2.45) is 17.6 Å². The van der Waals surface area contributed by atoms with Crippen molar-refractivity contribution in [2.75, 3.05) is 20.2 Å². The van der Waals surface area contributed by atoms with Crippen LogP contribution in [0.2, 0.25) is 0 Å². The van der Waals surface area contributed by atoms with E-state index in [0.717, 1.165) is 37.9 Å². The number of rotatable bonds is 4. The van der Waals surface area contributed by atoms with Crippen molar-refractivity contribution < 1.29 is 18.3 Å². The number of pyridine rings is 1. The second kappa shape index (κ2) is 7.26. The van der Waals surface area contributed by atoms with Gasteiger partial charge in [-0.2, -0.15) is 0 Å². The van der Waals surface area contributed by atoms with Crippen molar-refractivity contribution >= 4 is 18.3 Å². The van der Waals surface area contributed by atoms with E-state index < -0.39 is 17.4 Å². The van der Waals surface area contributed by atoms with Gasteiger partial charge in [-0.15, -0.1) is 12.4 Å². The molecule has 2 bridgehead atoms. The smallest absolute Gasteiger partial charge is 0.267 e. The fraction of sp³-hybridized carbons (Fsp3) is 0.684. The van der Waals surface area contributed by atoms with E-state index in [1.165, 1.54) is 0 Å². The molecule has 27 heavy (non-hydrogen) atoms. The average molecular weight is 402 g/mol. The largest absolute Gasteiger partial charge is 0.373 e. The summed E-state index contributed by atoms with van der Waals surface area (Å²) in [5, 5.41) is 0. The zero-order chi connectivity index (χ0) is 18.5. The second-order valence-corrected chi connectivity index (χ2v) is 7.99. The SMILES string of the molecule is CO[C@@]1(c2ccnc(C(N)=O)c2)[C@@H]2CCC[C@H]1CN(C1CC(F)(F)C1)C2.Cl. The Kier molecular flexibility index (Phi) is 5.49. The number of likely N-dealkylation sites (tertiary alicyclic amines) is 1. The van der Waals surface area contributed by atoms with E-state index >= 15 is 0 Å². The van der Waals surface area contributed by atoms with Gasteiger partial charge in [-0.25, -0.2) is 8.78 Å². The lowest BCUT2D eigenvalue weighted by Gasteiger charge is -2.58. The number of carbonyl (C=O) groups is 1. The number of primary amides is 1. The number of fused-ring (bicyclic) bond motifs is 2. The van der Waals surface area contributed by atoms with Crippen LogP contribution in [0.4, 0.5) is 8.78 Å². The molecular weight excluding hydrogens is 376 g/mol. The quantitative estimate of drug-likeness (QED) is 0.842. The van der Waals surface area contributed by atoms with Crippen LogP contribution in [0.15, 0.2) is 18.3 Å². The molecule has 1 amide bonds. The highest BCUT2D eigenvalue weighted by atomic mass is 35.5. The Bertz CT molecular complexity index is 696. The molecule has 2 heterocycles.